The van der Waals surface area contributed by atoms with Crippen LogP contribution in [-0.4, -0.2) is 30.3 Å². The SMILES string of the molecule is COC(=O)C(C)(O)CNc1ccc(Br)cc1Cl. The molecule has 0 aliphatic heterocycles. The molecule has 0 aromatic heterocycles. The Morgan fingerprint density at radius 2 is 2.29 bits per heavy atom. The minimum atomic E-state index is -1.59. The van der Waals surface area contributed by atoms with E-state index in [1.54, 1.807) is 18.2 Å². The maximum Gasteiger partial charge on any atom is 0.339 e. The number of anilines is 1. The largest absolute Gasteiger partial charge is 0.467 e. The van der Waals surface area contributed by atoms with Crippen molar-refractivity contribution in [2.75, 3.05) is 19.0 Å². The number of aliphatic hydroxyl groups is 1. The standard InChI is InChI=1S/C11H13BrClNO3/c1-11(16,10(15)17-2)6-14-9-4-3-7(12)5-8(9)13/h3-5,14,16H,6H2,1-2H3. The molecule has 1 atom stereocenters. The monoisotopic (exact) mass is 321 g/mol. The molecule has 17 heavy (non-hydrogen) atoms. The van der Waals surface area contributed by atoms with Gasteiger partial charge in [-0.3, -0.25) is 0 Å². The number of esters is 1. The van der Waals surface area contributed by atoms with Crippen LogP contribution < -0.4 is 5.32 Å². The molecule has 0 amide bonds. The zero-order chi connectivity index (χ0) is 13.1. The van der Waals surface area contributed by atoms with E-state index in [2.05, 4.69) is 26.0 Å². The van der Waals surface area contributed by atoms with E-state index in [0.29, 0.717) is 10.7 Å². The number of hydrogen-bond donors (Lipinski definition) is 2. The zero-order valence-corrected chi connectivity index (χ0v) is 11.8. The van der Waals surface area contributed by atoms with Gasteiger partial charge in [0, 0.05) is 4.47 Å². The summed E-state index contributed by atoms with van der Waals surface area (Å²) >= 11 is 9.27. The number of nitrogens with one attached hydrogen (secondary N) is 1. The predicted octanol–water partition coefficient (Wildman–Crippen LogP) is 2.44. The molecule has 0 saturated heterocycles. The molecule has 6 heteroatoms. The van der Waals surface area contributed by atoms with Gasteiger partial charge >= 0.3 is 5.97 Å². The van der Waals surface area contributed by atoms with E-state index in [1.165, 1.54) is 14.0 Å². The number of rotatable bonds is 4. The van der Waals surface area contributed by atoms with Gasteiger partial charge in [0.05, 0.1) is 24.4 Å². The minimum Gasteiger partial charge on any atom is -0.467 e. The van der Waals surface area contributed by atoms with Gasteiger partial charge in [-0.15, -0.1) is 0 Å². The first-order chi connectivity index (χ1) is 7.86. The molecule has 0 aliphatic carbocycles. The van der Waals surface area contributed by atoms with Gasteiger partial charge in [0.1, 0.15) is 0 Å². The number of ether oxygens (including phenoxy) is 1. The summed E-state index contributed by atoms with van der Waals surface area (Å²) in [7, 11) is 1.23. The van der Waals surface area contributed by atoms with Crippen molar-refractivity contribution in [3.05, 3.63) is 27.7 Å². The molecule has 0 bridgehead atoms. The Kier molecular flexibility index (Phi) is 4.80. The normalized spacial score (nSPS) is 13.9. The van der Waals surface area contributed by atoms with Crippen LogP contribution in [0.3, 0.4) is 0 Å². The summed E-state index contributed by atoms with van der Waals surface area (Å²) in [5.41, 5.74) is -0.954. The summed E-state index contributed by atoms with van der Waals surface area (Å²) in [6.07, 6.45) is 0. The average Bonchev–Trinajstić information content (AvgIpc) is 2.26. The van der Waals surface area contributed by atoms with Crippen LogP contribution in [0.15, 0.2) is 22.7 Å². The first kappa shape index (κ1) is 14.3. The molecule has 0 spiro atoms. The van der Waals surface area contributed by atoms with Crippen LogP contribution in [0.2, 0.25) is 5.02 Å². The third-order valence-electron chi connectivity index (χ3n) is 2.18. The highest BCUT2D eigenvalue weighted by Crippen LogP contribution is 2.26. The third-order valence-corrected chi connectivity index (χ3v) is 2.99. The molecular formula is C11H13BrClNO3. The molecule has 0 saturated carbocycles. The van der Waals surface area contributed by atoms with E-state index in [4.69, 9.17) is 11.6 Å². The third kappa shape index (κ3) is 3.87. The van der Waals surface area contributed by atoms with Crippen molar-refractivity contribution in [2.24, 2.45) is 0 Å². The maximum atomic E-state index is 11.2. The molecule has 94 valence electrons. The zero-order valence-electron chi connectivity index (χ0n) is 9.46. The van der Waals surface area contributed by atoms with E-state index in [0.717, 1.165) is 4.47 Å². The minimum absolute atomic E-state index is 0.0149. The lowest BCUT2D eigenvalue weighted by Crippen LogP contribution is -2.42. The Labute approximate surface area is 113 Å². The number of carbonyl (C=O) groups excluding carboxylic acids is 1. The Balaban J connectivity index is 2.70. The van der Waals surface area contributed by atoms with E-state index < -0.39 is 11.6 Å². The van der Waals surface area contributed by atoms with Gasteiger partial charge in [-0.25, -0.2) is 4.79 Å². The van der Waals surface area contributed by atoms with Crippen molar-refractivity contribution >= 4 is 39.2 Å². The average molecular weight is 323 g/mol. The molecule has 0 aliphatic rings. The lowest BCUT2D eigenvalue weighted by atomic mass is 10.1. The van der Waals surface area contributed by atoms with Crippen LogP contribution in [0.1, 0.15) is 6.92 Å². The smallest absolute Gasteiger partial charge is 0.339 e. The van der Waals surface area contributed by atoms with Gasteiger partial charge in [0.25, 0.3) is 0 Å². The molecule has 1 rings (SSSR count). The number of benzene rings is 1. The topological polar surface area (TPSA) is 58.6 Å². The fourth-order valence-electron chi connectivity index (χ4n) is 1.19. The second-order valence-corrected chi connectivity index (χ2v) is 5.07. The summed E-state index contributed by atoms with van der Waals surface area (Å²) in [5.74, 6) is -0.696. The van der Waals surface area contributed by atoms with Gasteiger partial charge in [-0.2, -0.15) is 0 Å². The molecule has 1 aromatic rings. The molecular weight excluding hydrogens is 309 g/mol. The van der Waals surface area contributed by atoms with Crippen LogP contribution >= 0.6 is 27.5 Å². The first-order valence-electron chi connectivity index (χ1n) is 4.86. The van der Waals surface area contributed by atoms with E-state index in [1.807, 2.05) is 0 Å². The predicted molar refractivity (Wildman–Crippen MR) is 70.3 cm³/mol. The number of methoxy groups -OCH3 is 1. The second-order valence-electron chi connectivity index (χ2n) is 3.74. The Morgan fingerprint density at radius 1 is 1.65 bits per heavy atom. The van der Waals surface area contributed by atoms with Crippen molar-refractivity contribution in [3.8, 4) is 0 Å². The maximum absolute atomic E-state index is 11.2. The lowest BCUT2D eigenvalue weighted by molar-refractivity contribution is -0.158. The van der Waals surface area contributed by atoms with Crippen LogP contribution in [-0.2, 0) is 9.53 Å². The molecule has 1 aromatic carbocycles. The highest BCUT2D eigenvalue weighted by atomic mass is 79.9. The first-order valence-corrected chi connectivity index (χ1v) is 6.03. The lowest BCUT2D eigenvalue weighted by Gasteiger charge is -2.21. The van der Waals surface area contributed by atoms with Crippen molar-refractivity contribution in [2.45, 2.75) is 12.5 Å². The molecule has 0 radical (unpaired) electrons. The fourth-order valence-corrected chi connectivity index (χ4v) is 1.93. The summed E-state index contributed by atoms with van der Waals surface area (Å²) in [5, 5.41) is 13.2. The van der Waals surface area contributed by atoms with Crippen molar-refractivity contribution in [3.63, 3.8) is 0 Å². The molecule has 2 N–H and O–H groups in total. The van der Waals surface area contributed by atoms with E-state index in [9.17, 15) is 9.90 Å². The highest BCUT2D eigenvalue weighted by Gasteiger charge is 2.31. The molecule has 4 nitrogen and oxygen atoms in total. The van der Waals surface area contributed by atoms with Crippen molar-refractivity contribution in [1.29, 1.82) is 0 Å². The Hall–Kier alpha value is -0.780. The van der Waals surface area contributed by atoms with Crippen molar-refractivity contribution in [1.82, 2.24) is 0 Å². The molecule has 0 fully saturated rings. The van der Waals surface area contributed by atoms with Crippen LogP contribution in [0.25, 0.3) is 0 Å². The van der Waals surface area contributed by atoms with Crippen molar-refractivity contribution < 1.29 is 14.6 Å². The summed E-state index contributed by atoms with van der Waals surface area (Å²) in [6, 6.07) is 5.28. The van der Waals surface area contributed by atoms with E-state index >= 15 is 0 Å². The summed E-state index contributed by atoms with van der Waals surface area (Å²) < 4.78 is 5.34. The van der Waals surface area contributed by atoms with Gasteiger partial charge < -0.3 is 15.2 Å². The Morgan fingerprint density at radius 3 is 2.82 bits per heavy atom. The van der Waals surface area contributed by atoms with Crippen LogP contribution in [0.5, 0.6) is 0 Å². The molecule has 1 unspecified atom stereocenters. The summed E-state index contributed by atoms with van der Waals surface area (Å²) in [4.78, 5) is 11.2. The summed E-state index contributed by atoms with van der Waals surface area (Å²) in [6.45, 7) is 1.39. The van der Waals surface area contributed by atoms with E-state index in [-0.39, 0.29) is 6.54 Å². The van der Waals surface area contributed by atoms with Gasteiger partial charge in [-0.1, -0.05) is 27.5 Å². The highest BCUT2D eigenvalue weighted by molar-refractivity contribution is 9.10. The second kappa shape index (κ2) is 5.71. The Bertz CT molecular complexity index is 423. The van der Waals surface area contributed by atoms with Gasteiger partial charge in [0.15, 0.2) is 5.60 Å². The van der Waals surface area contributed by atoms with Crippen LogP contribution in [0, 0.1) is 0 Å². The quantitative estimate of drug-likeness (QED) is 0.836. The fraction of sp³-hybridized carbons (Fsp3) is 0.364. The van der Waals surface area contributed by atoms with Gasteiger partial charge in [-0.05, 0) is 25.1 Å². The van der Waals surface area contributed by atoms with Gasteiger partial charge in [0.2, 0.25) is 0 Å². The van der Waals surface area contributed by atoms with Crippen LogP contribution in [0.4, 0.5) is 5.69 Å². The number of halogens is 2. The number of carbonyl (C=O) groups is 1. The number of hydrogen-bond acceptors (Lipinski definition) is 4. The molecule has 0 heterocycles.